The third kappa shape index (κ3) is 3.25. The smallest absolute Gasteiger partial charge is 0.182 e. The molecule has 1 N–H and O–H groups in total. The first kappa shape index (κ1) is 22.7. The van der Waals surface area contributed by atoms with Crippen LogP contribution in [-0.2, 0) is 9.59 Å². The maximum absolute atomic E-state index is 13.1. The summed E-state index contributed by atoms with van der Waals surface area (Å²) in [6.45, 7) is 13.5. The average molecular weight is 425 g/mol. The van der Waals surface area contributed by atoms with Crippen LogP contribution in [0.15, 0.2) is 35.5 Å². The van der Waals surface area contributed by atoms with Crippen molar-refractivity contribution in [1.82, 2.24) is 0 Å². The Morgan fingerprint density at radius 3 is 2.39 bits per heavy atom. The first-order chi connectivity index (χ1) is 14.4. The Labute approximate surface area is 188 Å². The van der Waals surface area contributed by atoms with Crippen molar-refractivity contribution >= 4 is 11.6 Å². The highest BCUT2D eigenvalue weighted by atomic mass is 16.3. The normalized spacial score (nSPS) is 42.1. The van der Waals surface area contributed by atoms with Gasteiger partial charge in [-0.1, -0.05) is 53.7 Å². The summed E-state index contributed by atoms with van der Waals surface area (Å²) in [5.74, 6) is 2.14. The number of allylic oxidation sites excluding steroid dienone is 5. The molecule has 0 aliphatic heterocycles. The second kappa shape index (κ2) is 7.54. The summed E-state index contributed by atoms with van der Waals surface area (Å²) in [5, 5.41) is 12.2. The van der Waals surface area contributed by atoms with E-state index < -0.39 is 5.60 Å². The fraction of sp³-hybridized carbons (Fsp3) is 0.714. The minimum Gasteiger partial charge on any atom is -0.385 e. The molecule has 0 bridgehead atoms. The van der Waals surface area contributed by atoms with E-state index in [1.54, 1.807) is 12.2 Å². The lowest BCUT2D eigenvalue weighted by Gasteiger charge is -2.57. The number of hydrogen-bond donors (Lipinski definition) is 1. The Bertz CT molecular complexity index is 877. The number of rotatable bonds is 4. The van der Waals surface area contributed by atoms with E-state index in [-0.39, 0.29) is 28.3 Å². The van der Waals surface area contributed by atoms with E-state index >= 15 is 0 Å². The van der Waals surface area contributed by atoms with Crippen molar-refractivity contribution in [2.75, 3.05) is 0 Å². The number of fused-ring (bicyclic) bond motifs is 5. The molecule has 3 heteroatoms. The minimum absolute atomic E-state index is 0.0540. The van der Waals surface area contributed by atoms with Gasteiger partial charge in [-0.05, 0) is 79.4 Å². The number of carbonyl (C=O) groups is 2. The van der Waals surface area contributed by atoms with Crippen molar-refractivity contribution in [3.8, 4) is 0 Å². The highest BCUT2D eigenvalue weighted by Crippen LogP contribution is 2.67. The maximum Gasteiger partial charge on any atom is 0.182 e. The largest absolute Gasteiger partial charge is 0.385 e. The van der Waals surface area contributed by atoms with Crippen LogP contribution in [-0.4, -0.2) is 22.3 Å². The molecule has 0 amide bonds. The molecule has 0 saturated heterocycles. The highest BCUT2D eigenvalue weighted by molar-refractivity contribution is 6.11. The van der Waals surface area contributed by atoms with Gasteiger partial charge in [0.15, 0.2) is 11.6 Å². The number of hydrogen-bond acceptors (Lipinski definition) is 3. The van der Waals surface area contributed by atoms with Crippen molar-refractivity contribution in [1.29, 1.82) is 0 Å². The molecule has 0 spiro atoms. The molecular formula is C28H40O3. The predicted molar refractivity (Wildman–Crippen MR) is 124 cm³/mol. The Morgan fingerprint density at radius 2 is 1.71 bits per heavy atom. The Hall–Kier alpha value is -1.48. The first-order valence-electron chi connectivity index (χ1n) is 12.4. The van der Waals surface area contributed by atoms with E-state index in [1.807, 2.05) is 0 Å². The van der Waals surface area contributed by atoms with Crippen LogP contribution in [0.1, 0.15) is 80.1 Å². The summed E-state index contributed by atoms with van der Waals surface area (Å²) in [7, 11) is 0. The van der Waals surface area contributed by atoms with Crippen LogP contribution in [0.4, 0.5) is 0 Å². The molecule has 0 radical (unpaired) electrons. The third-order valence-electron chi connectivity index (χ3n) is 9.92. The van der Waals surface area contributed by atoms with Gasteiger partial charge < -0.3 is 5.11 Å². The lowest BCUT2D eigenvalue weighted by Crippen LogP contribution is -2.57. The standard InChI is InChI=1S/C28H40O3/c1-17(2)18(3)7-8-19(4)21-11-14-28(31)23-16-25(30)24-15-20(29)9-12-26(24,5)22(23)10-13-27(21,28)6/h7-8,15-19,21-22,31H,9-14H2,1-6H3/b8-7+/t18-,19+,21+,22-,26+,27+,28+/m0/s1. The molecule has 4 aliphatic rings. The van der Waals surface area contributed by atoms with Gasteiger partial charge in [-0.3, -0.25) is 9.59 Å². The summed E-state index contributed by atoms with van der Waals surface area (Å²) in [6, 6.07) is 0. The topological polar surface area (TPSA) is 54.4 Å². The van der Waals surface area contributed by atoms with Gasteiger partial charge in [0.2, 0.25) is 0 Å². The molecule has 2 fully saturated rings. The third-order valence-corrected chi connectivity index (χ3v) is 9.92. The molecule has 170 valence electrons. The fourth-order valence-corrected chi connectivity index (χ4v) is 7.31. The van der Waals surface area contributed by atoms with Crippen LogP contribution in [0.3, 0.4) is 0 Å². The van der Waals surface area contributed by atoms with Gasteiger partial charge in [0, 0.05) is 22.8 Å². The molecule has 0 aromatic heterocycles. The van der Waals surface area contributed by atoms with Gasteiger partial charge >= 0.3 is 0 Å². The monoisotopic (exact) mass is 424 g/mol. The van der Waals surface area contributed by atoms with Crippen LogP contribution in [0.2, 0.25) is 0 Å². The number of ketones is 2. The lowest BCUT2D eigenvalue weighted by atomic mass is 9.48. The summed E-state index contributed by atoms with van der Waals surface area (Å²) >= 11 is 0. The van der Waals surface area contributed by atoms with Crippen LogP contribution < -0.4 is 0 Å². The van der Waals surface area contributed by atoms with Crippen molar-refractivity contribution in [2.24, 2.45) is 40.4 Å². The second-order valence-electron chi connectivity index (χ2n) is 11.8. The van der Waals surface area contributed by atoms with E-state index in [4.69, 9.17) is 0 Å². The molecule has 0 unspecified atom stereocenters. The van der Waals surface area contributed by atoms with Crippen LogP contribution in [0.5, 0.6) is 0 Å². The highest BCUT2D eigenvalue weighted by Gasteiger charge is 2.65. The quantitative estimate of drug-likeness (QED) is 0.577. The Morgan fingerprint density at radius 1 is 1.00 bits per heavy atom. The molecule has 4 aliphatic carbocycles. The molecule has 3 nitrogen and oxygen atoms in total. The zero-order valence-corrected chi connectivity index (χ0v) is 20.2. The lowest BCUT2D eigenvalue weighted by molar-refractivity contribution is -0.122. The molecular weight excluding hydrogens is 384 g/mol. The fourth-order valence-electron chi connectivity index (χ4n) is 7.31. The van der Waals surface area contributed by atoms with Crippen molar-refractivity contribution in [3.63, 3.8) is 0 Å². The summed E-state index contributed by atoms with van der Waals surface area (Å²) in [4.78, 5) is 25.1. The summed E-state index contributed by atoms with van der Waals surface area (Å²) in [5.41, 5.74) is 0.191. The zero-order chi connectivity index (χ0) is 22.8. The van der Waals surface area contributed by atoms with E-state index in [0.717, 1.165) is 31.3 Å². The van der Waals surface area contributed by atoms with Crippen LogP contribution in [0.25, 0.3) is 0 Å². The first-order valence-corrected chi connectivity index (χ1v) is 12.4. The van der Waals surface area contributed by atoms with Crippen LogP contribution >= 0.6 is 0 Å². The van der Waals surface area contributed by atoms with Crippen molar-refractivity contribution in [2.45, 2.75) is 85.7 Å². The van der Waals surface area contributed by atoms with Gasteiger partial charge in [-0.2, -0.15) is 0 Å². The van der Waals surface area contributed by atoms with Gasteiger partial charge in [-0.15, -0.1) is 0 Å². The minimum atomic E-state index is -0.919. The van der Waals surface area contributed by atoms with E-state index in [9.17, 15) is 14.7 Å². The van der Waals surface area contributed by atoms with E-state index in [0.29, 0.717) is 42.1 Å². The number of aliphatic hydroxyl groups is 1. The van der Waals surface area contributed by atoms with Gasteiger partial charge in [-0.25, -0.2) is 0 Å². The molecule has 0 heterocycles. The predicted octanol–water partition coefficient (Wildman–Crippen LogP) is 5.83. The second-order valence-corrected chi connectivity index (χ2v) is 11.8. The number of carbonyl (C=O) groups excluding carboxylic acids is 2. The molecule has 4 rings (SSSR count). The molecule has 31 heavy (non-hydrogen) atoms. The summed E-state index contributed by atoms with van der Waals surface area (Å²) in [6.07, 6.45) is 12.9. The van der Waals surface area contributed by atoms with Crippen molar-refractivity contribution < 1.29 is 14.7 Å². The van der Waals surface area contributed by atoms with Gasteiger partial charge in [0.1, 0.15) is 0 Å². The maximum atomic E-state index is 13.1. The molecule has 0 aromatic rings. The molecule has 7 atom stereocenters. The Kier molecular flexibility index (Phi) is 5.52. The van der Waals surface area contributed by atoms with Gasteiger partial charge in [0.05, 0.1) is 5.60 Å². The van der Waals surface area contributed by atoms with E-state index in [1.165, 1.54) is 0 Å². The average Bonchev–Trinajstić information content (AvgIpc) is 2.99. The van der Waals surface area contributed by atoms with E-state index in [2.05, 4.69) is 53.7 Å². The summed E-state index contributed by atoms with van der Waals surface area (Å²) < 4.78 is 0. The zero-order valence-electron chi connectivity index (χ0n) is 20.2. The molecule has 2 saturated carbocycles. The van der Waals surface area contributed by atoms with Crippen molar-refractivity contribution in [3.05, 3.63) is 35.5 Å². The molecule has 0 aromatic carbocycles. The van der Waals surface area contributed by atoms with Gasteiger partial charge in [0.25, 0.3) is 0 Å². The SMILES string of the molecule is CC(C)[C@@H](C)/C=C/[C@@H](C)[C@H]1CC[C@@]2(O)C3=CC(=O)C4=CC(=O)CC[C@]4(C)[C@H]3CC[C@]12C. The van der Waals surface area contributed by atoms with Crippen LogP contribution in [0, 0.1) is 40.4 Å². The Balaban J connectivity index is 1.68.